The maximum atomic E-state index is 4.94. The Balaban J connectivity index is 0.852. The van der Waals surface area contributed by atoms with E-state index >= 15 is 0 Å². The van der Waals surface area contributed by atoms with E-state index in [9.17, 15) is 0 Å². The van der Waals surface area contributed by atoms with Crippen molar-refractivity contribution in [2.75, 3.05) is 0 Å². The molecule has 0 radical (unpaired) electrons. The Morgan fingerprint density at radius 3 is 1.21 bits per heavy atom. The number of benzene rings is 7. The summed E-state index contributed by atoms with van der Waals surface area (Å²) in [7, 11) is 0. The number of hydrogen-bond donors (Lipinski definition) is 0. The molecule has 6 nitrogen and oxygen atoms in total. The Labute approximate surface area is 357 Å². The van der Waals surface area contributed by atoms with Crippen LogP contribution in [0.3, 0.4) is 0 Å². The van der Waals surface area contributed by atoms with Gasteiger partial charge in [-0.3, -0.25) is 0 Å². The second-order valence-corrected chi connectivity index (χ2v) is 16.2. The first kappa shape index (κ1) is 36.3. The predicted molar refractivity (Wildman–Crippen MR) is 250 cm³/mol. The first-order valence-electron chi connectivity index (χ1n) is 20.4. The summed E-state index contributed by atoms with van der Waals surface area (Å²) in [6.07, 6.45) is 7.59. The van der Waals surface area contributed by atoms with E-state index in [2.05, 4.69) is 78.9 Å². The van der Waals surface area contributed by atoms with Crippen molar-refractivity contribution in [3.05, 3.63) is 212 Å². The normalized spacial score (nSPS) is 13.7. The van der Waals surface area contributed by atoms with Gasteiger partial charge in [0.1, 0.15) is 0 Å². The molecular weight excluding hydrogens is 765 g/mol. The number of thiophene rings is 1. The largest absolute Gasteiger partial charge is 0.208 e. The molecule has 11 rings (SSSR count). The van der Waals surface area contributed by atoms with Crippen molar-refractivity contribution in [3.63, 3.8) is 0 Å². The van der Waals surface area contributed by atoms with Crippen LogP contribution in [0, 0.1) is 0 Å². The molecular formula is C54H36N6S. The molecule has 0 spiro atoms. The smallest absolute Gasteiger partial charge is 0.164 e. The number of rotatable bonds is 8. The Kier molecular flexibility index (Phi) is 9.41. The zero-order chi connectivity index (χ0) is 40.5. The van der Waals surface area contributed by atoms with E-state index in [-0.39, 0.29) is 5.92 Å². The van der Waals surface area contributed by atoms with Crippen LogP contribution in [0.25, 0.3) is 93.8 Å². The number of allylic oxidation sites excluding steroid dienone is 4. The zero-order valence-electron chi connectivity index (χ0n) is 32.9. The van der Waals surface area contributed by atoms with Crippen molar-refractivity contribution < 1.29 is 0 Å². The van der Waals surface area contributed by atoms with Gasteiger partial charge in [0.2, 0.25) is 0 Å². The SMILES string of the molecule is C1=CC(c2ccc3c(c2)sc2cc(-c4ccc(-c5nc(-c6ccccc6)nc(-c6ccccc6)n5)cc4)ccc23)CC=C1c1nc(-c2ccccc2)nc(-c2ccccc2)n1. The van der Waals surface area contributed by atoms with Crippen LogP contribution in [0.2, 0.25) is 0 Å². The van der Waals surface area contributed by atoms with Gasteiger partial charge >= 0.3 is 0 Å². The van der Waals surface area contributed by atoms with Crippen LogP contribution >= 0.6 is 11.3 Å². The molecule has 0 fully saturated rings. The van der Waals surface area contributed by atoms with Crippen molar-refractivity contribution >= 4 is 37.1 Å². The highest BCUT2D eigenvalue weighted by molar-refractivity contribution is 7.25. The minimum Gasteiger partial charge on any atom is -0.208 e. The summed E-state index contributed by atoms with van der Waals surface area (Å²) in [5.41, 5.74) is 9.42. The predicted octanol–water partition coefficient (Wildman–Crippen LogP) is 13.6. The summed E-state index contributed by atoms with van der Waals surface area (Å²) in [5, 5.41) is 2.56. The molecule has 0 aliphatic heterocycles. The van der Waals surface area contributed by atoms with Crippen LogP contribution in [-0.2, 0) is 0 Å². The molecule has 0 saturated heterocycles. The summed E-state index contributed by atoms with van der Waals surface area (Å²) in [4.78, 5) is 29.4. The summed E-state index contributed by atoms with van der Waals surface area (Å²) in [5.74, 6) is 4.25. The Bertz CT molecular complexity index is 3140. The molecule has 0 N–H and O–H groups in total. The van der Waals surface area contributed by atoms with Gasteiger partial charge in [0.15, 0.2) is 34.9 Å². The highest BCUT2D eigenvalue weighted by Gasteiger charge is 2.19. The minimum absolute atomic E-state index is 0.258. The van der Waals surface area contributed by atoms with Gasteiger partial charge in [-0.1, -0.05) is 188 Å². The standard InChI is InChI=1S/C54H36N6S/c1-5-13-37(14-6-1)49-55-50(38-15-7-2-8-16-38)58-53(57-49)41-25-21-35(22-26-41)43-29-31-45-46-32-30-44(34-48(46)61-47(45)33-43)36-23-27-42(28-24-36)54-59-51(39-17-9-3-10-18-39)56-52(60-54)40-19-11-4-12-20-40/h1-23,25-34,36H,24H2. The van der Waals surface area contributed by atoms with Crippen molar-refractivity contribution in [2.24, 2.45) is 0 Å². The minimum atomic E-state index is 0.258. The molecule has 288 valence electrons. The van der Waals surface area contributed by atoms with Crippen LogP contribution < -0.4 is 0 Å². The van der Waals surface area contributed by atoms with Crippen molar-refractivity contribution in [1.82, 2.24) is 29.9 Å². The zero-order valence-corrected chi connectivity index (χ0v) is 33.7. The fraction of sp³-hybridized carbons (Fsp3) is 0.0370. The lowest BCUT2D eigenvalue weighted by atomic mass is 9.89. The van der Waals surface area contributed by atoms with Gasteiger partial charge in [0.05, 0.1) is 0 Å². The molecule has 7 aromatic carbocycles. The van der Waals surface area contributed by atoms with Gasteiger partial charge in [-0.2, -0.15) is 0 Å². The van der Waals surface area contributed by atoms with E-state index < -0.39 is 0 Å². The average molecular weight is 801 g/mol. The molecule has 3 aromatic heterocycles. The van der Waals surface area contributed by atoms with Gasteiger partial charge in [-0.15, -0.1) is 11.3 Å². The van der Waals surface area contributed by atoms with Gasteiger partial charge in [-0.25, -0.2) is 29.9 Å². The molecule has 1 aliphatic rings. The van der Waals surface area contributed by atoms with Crippen LogP contribution in [0.15, 0.2) is 200 Å². The number of hydrogen-bond acceptors (Lipinski definition) is 7. The maximum absolute atomic E-state index is 4.94. The summed E-state index contributed by atoms with van der Waals surface area (Å²) in [6.45, 7) is 0. The molecule has 1 aliphatic carbocycles. The fourth-order valence-corrected chi connectivity index (χ4v) is 9.12. The number of fused-ring (bicyclic) bond motifs is 3. The van der Waals surface area contributed by atoms with E-state index in [1.165, 1.54) is 31.3 Å². The fourth-order valence-electron chi connectivity index (χ4n) is 7.92. The Morgan fingerprint density at radius 1 is 0.361 bits per heavy atom. The van der Waals surface area contributed by atoms with Crippen molar-refractivity contribution in [2.45, 2.75) is 12.3 Å². The molecule has 1 unspecified atom stereocenters. The van der Waals surface area contributed by atoms with Crippen molar-refractivity contribution in [3.8, 4) is 68.1 Å². The van der Waals surface area contributed by atoms with E-state index in [4.69, 9.17) is 29.9 Å². The van der Waals surface area contributed by atoms with E-state index in [0.29, 0.717) is 34.9 Å². The first-order valence-corrected chi connectivity index (χ1v) is 21.2. The lowest BCUT2D eigenvalue weighted by molar-refractivity contribution is 0.856. The Morgan fingerprint density at radius 2 is 0.754 bits per heavy atom. The molecule has 3 heterocycles. The lowest BCUT2D eigenvalue weighted by Crippen LogP contribution is -2.05. The quantitative estimate of drug-likeness (QED) is 0.152. The van der Waals surface area contributed by atoms with Gasteiger partial charge in [-0.05, 0) is 35.2 Å². The third-order valence-corrected chi connectivity index (χ3v) is 12.3. The third-order valence-electron chi connectivity index (χ3n) is 11.2. The molecule has 0 bridgehead atoms. The second-order valence-electron chi connectivity index (χ2n) is 15.1. The van der Waals surface area contributed by atoms with E-state index in [1.54, 1.807) is 0 Å². The molecule has 61 heavy (non-hydrogen) atoms. The number of aromatic nitrogens is 6. The van der Waals surface area contributed by atoms with Crippen LogP contribution in [0.1, 0.15) is 23.7 Å². The van der Waals surface area contributed by atoms with Gasteiger partial charge in [0.25, 0.3) is 0 Å². The molecule has 0 amide bonds. The highest BCUT2D eigenvalue weighted by Crippen LogP contribution is 2.40. The summed E-state index contributed by atoms with van der Waals surface area (Å²) in [6, 6.07) is 62.7. The molecule has 10 aromatic rings. The van der Waals surface area contributed by atoms with Gasteiger partial charge in [0, 0.05) is 59.5 Å². The van der Waals surface area contributed by atoms with Gasteiger partial charge < -0.3 is 0 Å². The van der Waals surface area contributed by atoms with Crippen LogP contribution in [-0.4, -0.2) is 29.9 Å². The average Bonchev–Trinajstić information content (AvgIpc) is 3.72. The van der Waals surface area contributed by atoms with E-state index in [0.717, 1.165) is 45.4 Å². The second kappa shape index (κ2) is 15.8. The topological polar surface area (TPSA) is 77.3 Å². The monoisotopic (exact) mass is 800 g/mol. The lowest BCUT2D eigenvalue weighted by Gasteiger charge is -2.17. The maximum Gasteiger partial charge on any atom is 0.164 e. The van der Waals surface area contributed by atoms with Crippen molar-refractivity contribution in [1.29, 1.82) is 0 Å². The molecule has 1 atom stereocenters. The van der Waals surface area contributed by atoms with Crippen LogP contribution in [0.5, 0.6) is 0 Å². The van der Waals surface area contributed by atoms with E-state index in [1.807, 2.05) is 133 Å². The number of nitrogens with zero attached hydrogens (tertiary/aromatic N) is 6. The summed E-state index contributed by atoms with van der Waals surface area (Å²) < 4.78 is 2.56. The third kappa shape index (κ3) is 7.32. The summed E-state index contributed by atoms with van der Waals surface area (Å²) >= 11 is 1.85. The molecule has 0 saturated carbocycles. The van der Waals surface area contributed by atoms with Crippen LogP contribution in [0.4, 0.5) is 0 Å². The molecule has 7 heteroatoms. The Hall–Kier alpha value is -7.74. The first-order chi connectivity index (χ1) is 30.2. The highest BCUT2D eigenvalue weighted by atomic mass is 32.1.